The van der Waals surface area contributed by atoms with Gasteiger partial charge in [0.25, 0.3) is 5.91 Å². The Labute approximate surface area is 101 Å². The van der Waals surface area contributed by atoms with Crippen LogP contribution in [0.25, 0.3) is 0 Å². The van der Waals surface area contributed by atoms with Crippen LogP contribution in [0.15, 0.2) is 6.20 Å². The van der Waals surface area contributed by atoms with Gasteiger partial charge in [-0.15, -0.1) is 0 Å². The summed E-state index contributed by atoms with van der Waals surface area (Å²) in [7, 11) is 3.38. The second-order valence-corrected chi connectivity index (χ2v) is 3.86. The van der Waals surface area contributed by atoms with Gasteiger partial charge in [-0.3, -0.25) is 9.48 Å². The fourth-order valence-corrected chi connectivity index (χ4v) is 1.49. The zero-order chi connectivity index (χ0) is 12.8. The van der Waals surface area contributed by atoms with Gasteiger partial charge in [-0.1, -0.05) is 0 Å². The highest BCUT2D eigenvalue weighted by Gasteiger charge is 2.18. The van der Waals surface area contributed by atoms with Crippen molar-refractivity contribution >= 4 is 11.6 Å². The summed E-state index contributed by atoms with van der Waals surface area (Å²) >= 11 is 0. The third-order valence-corrected chi connectivity index (χ3v) is 2.51. The molecule has 0 aliphatic rings. The topological polar surface area (TPSA) is 73.4 Å². The maximum Gasteiger partial charge on any atom is 0.276 e. The lowest BCUT2D eigenvalue weighted by molar-refractivity contribution is 0.0773. The van der Waals surface area contributed by atoms with Crippen LogP contribution in [0.3, 0.4) is 0 Å². The lowest BCUT2D eigenvalue weighted by Gasteiger charge is -2.15. The van der Waals surface area contributed by atoms with E-state index in [0.29, 0.717) is 31.1 Å². The van der Waals surface area contributed by atoms with E-state index < -0.39 is 0 Å². The van der Waals surface area contributed by atoms with Gasteiger partial charge in [-0.2, -0.15) is 5.10 Å². The molecule has 2 N–H and O–H groups in total. The zero-order valence-electron chi connectivity index (χ0n) is 10.6. The number of hydrogen-bond acceptors (Lipinski definition) is 4. The van der Waals surface area contributed by atoms with E-state index in [1.165, 1.54) is 0 Å². The molecule has 96 valence electrons. The van der Waals surface area contributed by atoms with Crippen LogP contribution >= 0.6 is 0 Å². The number of amides is 1. The van der Waals surface area contributed by atoms with Crippen LogP contribution in [-0.4, -0.2) is 47.9 Å². The van der Waals surface area contributed by atoms with E-state index in [1.54, 1.807) is 29.9 Å². The fraction of sp³-hybridized carbons (Fsp3) is 0.636. The molecule has 0 saturated carbocycles. The highest BCUT2D eigenvalue weighted by molar-refractivity contribution is 5.96. The van der Waals surface area contributed by atoms with E-state index in [1.807, 2.05) is 6.92 Å². The minimum absolute atomic E-state index is 0.147. The van der Waals surface area contributed by atoms with Crippen molar-refractivity contribution in [3.63, 3.8) is 0 Å². The predicted octanol–water partition coefficient (Wildman–Crippen LogP) is 0.594. The van der Waals surface area contributed by atoms with E-state index in [-0.39, 0.29) is 5.91 Å². The number of carbonyl (C=O) groups is 1. The molecule has 0 radical (unpaired) electrons. The summed E-state index contributed by atoms with van der Waals surface area (Å²) in [5.74, 6) is -0.147. The number of nitrogen functional groups attached to an aromatic ring is 1. The molecule has 6 heteroatoms. The largest absolute Gasteiger partial charge is 0.396 e. The molecule has 0 aromatic carbocycles. The Hall–Kier alpha value is -1.56. The van der Waals surface area contributed by atoms with Crippen LogP contribution in [0.1, 0.15) is 23.8 Å². The molecule has 1 aromatic heterocycles. The second kappa shape index (κ2) is 6.24. The smallest absolute Gasteiger partial charge is 0.276 e. The van der Waals surface area contributed by atoms with Crippen LogP contribution < -0.4 is 5.73 Å². The van der Waals surface area contributed by atoms with E-state index in [4.69, 9.17) is 10.5 Å². The molecular formula is C11H20N4O2. The number of nitrogens with zero attached hydrogens (tertiary/aromatic N) is 3. The number of nitrogens with two attached hydrogens (primary N) is 1. The van der Waals surface area contributed by atoms with Crippen LogP contribution in [0.5, 0.6) is 0 Å². The summed E-state index contributed by atoms with van der Waals surface area (Å²) in [4.78, 5) is 13.6. The quantitative estimate of drug-likeness (QED) is 0.739. The monoisotopic (exact) mass is 240 g/mol. The SMILES string of the molecule is CCn1cc(N)c(C(=O)N(C)CCCOC)n1. The maximum atomic E-state index is 12.0. The minimum atomic E-state index is -0.147. The molecule has 0 aliphatic heterocycles. The number of aromatic nitrogens is 2. The van der Waals surface area contributed by atoms with Gasteiger partial charge in [0.15, 0.2) is 5.69 Å². The number of carbonyl (C=O) groups excluding carboxylic acids is 1. The van der Waals surface area contributed by atoms with Crippen LogP contribution in [0, 0.1) is 0 Å². The van der Waals surface area contributed by atoms with Gasteiger partial charge in [0, 0.05) is 40.1 Å². The van der Waals surface area contributed by atoms with E-state index in [9.17, 15) is 4.79 Å². The molecule has 1 amide bonds. The Morgan fingerprint density at radius 2 is 2.35 bits per heavy atom. The molecule has 1 rings (SSSR count). The number of anilines is 1. The van der Waals surface area contributed by atoms with Crippen molar-refractivity contribution in [3.05, 3.63) is 11.9 Å². The first-order chi connectivity index (χ1) is 8.10. The first-order valence-electron chi connectivity index (χ1n) is 5.67. The van der Waals surface area contributed by atoms with E-state index >= 15 is 0 Å². The Kier molecular flexibility index (Phi) is 4.96. The van der Waals surface area contributed by atoms with E-state index in [0.717, 1.165) is 6.42 Å². The fourth-order valence-electron chi connectivity index (χ4n) is 1.49. The Bertz CT molecular complexity index is 376. The first kappa shape index (κ1) is 13.5. The van der Waals surface area contributed by atoms with Crippen LogP contribution in [0.2, 0.25) is 0 Å². The van der Waals surface area contributed by atoms with Crippen molar-refractivity contribution in [2.75, 3.05) is 33.0 Å². The molecule has 1 heterocycles. The van der Waals surface area contributed by atoms with Crippen molar-refractivity contribution < 1.29 is 9.53 Å². The highest BCUT2D eigenvalue weighted by Crippen LogP contribution is 2.11. The molecule has 0 saturated heterocycles. The number of ether oxygens (including phenoxy) is 1. The molecule has 0 aliphatic carbocycles. The predicted molar refractivity (Wildman–Crippen MR) is 65.8 cm³/mol. The Morgan fingerprint density at radius 1 is 1.65 bits per heavy atom. The van der Waals surface area contributed by atoms with E-state index in [2.05, 4.69) is 5.10 Å². The number of hydrogen-bond donors (Lipinski definition) is 1. The highest BCUT2D eigenvalue weighted by atomic mass is 16.5. The number of aryl methyl sites for hydroxylation is 1. The molecule has 0 bridgehead atoms. The van der Waals surface area contributed by atoms with Crippen LogP contribution in [-0.2, 0) is 11.3 Å². The summed E-state index contributed by atoms with van der Waals surface area (Å²) in [6.45, 7) is 3.91. The first-order valence-corrected chi connectivity index (χ1v) is 5.67. The lowest BCUT2D eigenvalue weighted by atomic mass is 10.3. The molecule has 0 spiro atoms. The zero-order valence-corrected chi connectivity index (χ0v) is 10.6. The third kappa shape index (κ3) is 3.45. The molecule has 0 fully saturated rings. The molecule has 6 nitrogen and oxygen atoms in total. The van der Waals surface area contributed by atoms with Gasteiger partial charge in [0.2, 0.25) is 0 Å². The molecule has 0 unspecified atom stereocenters. The molecule has 1 aromatic rings. The summed E-state index contributed by atoms with van der Waals surface area (Å²) < 4.78 is 6.60. The number of methoxy groups -OCH3 is 1. The summed E-state index contributed by atoms with van der Waals surface area (Å²) in [6.07, 6.45) is 2.48. The van der Waals surface area contributed by atoms with Gasteiger partial charge in [0.1, 0.15) is 0 Å². The average Bonchev–Trinajstić information content (AvgIpc) is 2.69. The van der Waals surface area contributed by atoms with Gasteiger partial charge in [-0.25, -0.2) is 0 Å². The standard InChI is InChI=1S/C11H20N4O2/c1-4-15-8-9(12)10(13-15)11(16)14(2)6-5-7-17-3/h8H,4-7,12H2,1-3H3. The van der Waals surface area contributed by atoms with Crippen molar-refractivity contribution in [1.82, 2.24) is 14.7 Å². The number of rotatable bonds is 6. The molecular weight excluding hydrogens is 220 g/mol. The molecule has 17 heavy (non-hydrogen) atoms. The van der Waals surface area contributed by atoms with Gasteiger partial charge >= 0.3 is 0 Å². The average molecular weight is 240 g/mol. The maximum absolute atomic E-state index is 12.0. The minimum Gasteiger partial charge on any atom is -0.396 e. The summed E-state index contributed by atoms with van der Waals surface area (Å²) in [5, 5.41) is 4.15. The second-order valence-electron chi connectivity index (χ2n) is 3.86. The van der Waals surface area contributed by atoms with Crippen molar-refractivity contribution in [2.24, 2.45) is 0 Å². The molecule has 0 atom stereocenters. The van der Waals surface area contributed by atoms with Crippen molar-refractivity contribution in [2.45, 2.75) is 19.9 Å². The van der Waals surface area contributed by atoms with Crippen molar-refractivity contribution in [1.29, 1.82) is 0 Å². The van der Waals surface area contributed by atoms with Gasteiger partial charge < -0.3 is 15.4 Å². The van der Waals surface area contributed by atoms with Gasteiger partial charge in [0.05, 0.1) is 5.69 Å². The van der Waals surface area contributed by atoms with Crippen molar-refractivity contribution in [3.8, 4) is 0 Å². The third-order valence-electron chi connectivity index (χ3n) is 2.51. The Balaban J connectivity index is 2.64. The normalized spacial score (nSPS) is 10.5. The van der Waals surface area contributed by atoms with Crippen LogP contribution in [0.4, 0.5) is 5.69 Å². The van der Waals surface area contributed by atoms with Gasteiger partial charge in [-0.05, 0) is 13.3 Å². The summed E-state index contributed by atoms with van der Waals surface area (Å²) in [6, 6.07) is 0. The lowest BCUT2D eigenvalue weighted by Crippen LogP contribution is -2.29. The summed E-state index contributed by atoms with van der Waals surface area (Å²) in [5.41, 5.74) is 6.51. The Morgan fingerprint density at radius 3 is 2.88 bits per heavy atom.